The van der Waals surface area contributed by atoms with Crippen molar-refractivity contribution in [3.63, 3.8) is 0 Å². The van der Waals surface area contributed by atoms with E-state index in [-0.39, 0.29) is 11.7 Å². The summed E-state index contributed by atoms with van der Waals surface area (Å²) in [5, 5.41) is 5.51. The molecule has 3 rings (SSSR count). The summed E-state index contributed by atoms with van der Waals surface area (Å²) in [6, 6.07) is 9.80. The normalized spacial score (nSPS) is 10.8. The molecule has 0 aliphatic heterocycles. The van der Waals surface area contributed by atoms with Crippen LogP contribution in [0.4, 0.5) is 13.9 Å². The van der Waals surface area contributed by atoms with Gasteiger partial charge in [-0.05, 0) is 30.5 Å². The number of carbonyl (C=O) groups excluding carboxylic acids is 1. The number of nitrogens with zero attached hydrogens (tertiary/aromatic N) is 2. The van der Waals surface area contributed by atoms with Gasteiger partial charge in [-0.15, -0.1) is 23.1 Å². The topological polar surface area (TPSA) is 64.1 Å². The highest BCUT2D eigenvalue weighted by Gasteiger charge is 2.15. The standard InChI is InChI=1S/C17H13F2N3O2S2/c1-25-14-7-6-10(8-20-14)15(23)22-17-21-12(9-26-17)11-4-2-3-5-13(11)24-16(18)19/h2-9,16H,1H3,(H,21,22,23). The van der Waals surface area contributed by atoms with Crippen molar-refractivity contribution >= 4 is 34.1 Å². The molecule has 0 radical (unpaired) electrons. The Morgan fingerprint density at radius 1 is 1.27 bits per heavy atom. The lowest BCUT2D eigenvalue weighted by molar-refractivity contribution is -0.0494. The van der Waals surface area contributed by atoms with Crippen molar-refractivity contribution in [2.45, 2.75) is 11.6 Å². The molecule has 26 heavy (non-hydrogen) atoms. The fourth-order valence-corrected chi connectivity index (χ4v) is 3.20. The van der Waals surface area contributed by atoms with E-state index in [0.29, 0.717) is 22.0 Å². The number of alkyl halides is 2. The first kappa shape index (κ1) is 18.3. The predicted molar refractivity (Wildman–Crippen MR) is 98.2 cm³/mol. The molecule has 0 aliphatic rings. The van der Waals surface area contributed by atoms with Gasteiger partial charge >= 0.3 is 6.61 Å². The number of para-hydroxylation sites is 1. The predicted octanol–water partition coefficient (Wildman–Crippen LogP) is 4.78. The van der Waals surface area contributed by atoms with Crippen LogP contribution in [0.3, 0.4) is 0 Å². The molecule has 0 aliphatic carbocycles. The summed E-state index contributed by atoms with van der Waals surface area (Å²) in [5.41, 5.74) is 1.27. The molecule has 9 heteroatoms. The van der Waals surface area contributed by atoms with Crippen molar-refractivity contribution in [1.82, 2.24) is 9.97 Å². The van der Waals surface area contributed by atoms with Gasteiger partial charge in [-0.3, -0.25) is 10.1 Å². The fourth-order valence-electron chi connectivity index (χ4n) is 2.14. The number of thiazole rings is 1. The van der Waals surface area contributed by atoms with Gasteiger partial charge < -0.3 is 4.74 Å². The molecule has 1 aromatic carbocycles. The van der Waals surface area contributed by atoms with E-state index < -0.39 is 6.61 Å². The van der Waals surface area contributed by atoms with Crippen molar-refractivity contribution < 1.29 is 18.3 Å². The van der Waals surface area contributed by atoms with Crippen LogP contribution in [-0.4, -0.2) is 28.7 Å². The number of rotatable bonds is 6. The lowest BCUT2D eigenvalue weighted by Gasteiger charge is -2.08. The molecule has 1 N–H and O–H groups in total. The molecule has 0 fully saturated rings. The van der Waals surface area contributed by atoms with E-state index >= 15 is 0 Å². The minimum absolute atomic E-state index is 0.0301. The smallest absolute Gasteiger partial charge is 0.387 e. The number of anilines is 1. The third kappa shape index (κ3) is 4.36. The molecule has 0 unspecified atom stereocenters. The van der Waals surface area contributed by atoms with Gasteiger partial charge in [0.15, 0.2) is 5.13 Å². The van der Waals surface area contributed by atoms with Gasteiger partial charge in [-0.2, -0.15) is 8.78 Å². The van der Waals surface area contributed by atoms with Crippen LogP contribution in [0.2, 0.25) is 0 Å². The van der Waals surface area contributed by atoms with Gasteiger partial charge in [0.2, 0.25) is 0 Å². The molecule has 0 bridgehead atoms. The molecule has 3 aromatic rings. The van der Waals surface area contributed by atoms with Crippen LogP contribution in [0.25, 0.3) is 11.3 Å². The Labute approximate surface area is 156 Å². The highest BCUT2D eigenvalue weighted by Crippen LogP contribution is 2.33. The Kier molecular flexibility index (Phi) is 5.79. The van der Waals surface area contributed by atoms with Crippen LogP contribution >= 0.6 is 23.1 Å². The van der Waals surface area contributed by atoms with E-state index in [1.54, 1.807) is 35.7 Å². The van der Waals surface area contributed by atoms with E-state index in [0.717, 1.165) is 5.03 Å². The molecule has 0 saturated carbocycles. The van der Waals surface area contributed by atoms with Crippen molar-refractivity contribution in [2.75, 3.05) is 11.6 Å². The number of halogens is 2. The van der Waals surface area contributed by atoms with Crippen LogP contribution in [-0.2, 0) is 0 Å². The average molecular weight is 393 g/mol. The monoisotopic (exact) mass is 393 g/mol. The van der Waals surface area contributed by atoms with Crippen LogP contribution in [0.15, 0.2) is 53.0 Å². The van der Waals surface area contributed by atoms with E-state index in [4.69, 9.17) is 0 Å². The zero-order valence-corrected chi connectivity index (χ0v) is 15.1. The third-order valence-corrected chi connectivity index (χ3v) is 4.73. The molecule has 1 amide bonds. The molecule has 2 heterocycles. The van der Waals surface area contributed by atoms with Crippen LogP contribution < -0.4 is 10.1 Å². The summed E-state index contributed by atoms with van der Waals surface area (Å²) in [7, 11) is 0. The lowest BCUT2D eigenvalue weighted by atomic mass is 10.1. The summed E-state index contributed by atoms with van der Waals surface area (Å²) < 4.78 is 29.6. The quantitative estimate of drug-likeness (QED) is 0.611. The van der Waals surface area contributed by atoms with Gasteiger partial charge in [-0.25, -0.2) is 9.97 Å². The zero-order valence-electron chi connectivity index (χ0n) is 13.5. The maximum Gasteiger partial charge on any atom is 0.387 e. The Bertz CT molecular complexity index is 901. The molecule has 0 saturated heterocycles. The number of benzene rings is 1. The second-order valence-electron chi connectivity index (χ2n) is 4.96. The summed E-state index contributed by atoms with van der Waals surface area (Å²) >= 11 is 2.67. The minimum Gasteiger partial charge on any atom is -0.434 e. The van der Waals surface area contributed by atoms with Crippen LogP contribution in [0.1, 0.15) is 10.4 Å². The fraction of sp³-hybridized carbons (Fsp3) is 0.118. The minimum atomic E-state index is -2.93. The Morgan fingerprint density at radius 2 is 2.08 bits per heavy atom. The van der Waals surface area contributed by atoms with Gasteiger partial charge in [0.05, 0.1) is 16.3 Å². The van der Waals surface area contributed by atoms with Gasteiger partial charge in [0, 0.05) is 17.1 Å². The number of ether oxygens (including phenoxy) is 1. The Hall–Kier alpha value is -2.52. The summed E-state index contributed by atoms with van der Waals surface area (Å²) in [5.74, 6) is -0.314. The molecule has 5 nitrogen and oxygen atoms in total. The largest absolute Gasteiger partial charge is 0.434 e. The second kappa shape index (κ2) is 8.24. The average Bonchev–Trinajstić information content (AvgIpc) is 3.10. The highest BCUT2D eigenvalue weighted by atomic mass is 32.2. The van der Waals surface area contributed by atoms with Crippen molar-refractivity contribution in [3.05, 3.63) is 53.5 Å². The number of pyridine rings is 1. The number of thioether (sulfide) groups is 1. The Balaban J connectivity index is 1.77. The first-order valence-electron chi connectivity index (χ1n) is 7.38. The maximum absolute atomic E-state index is 12.5. The van der Waals surface area contributed by atoms with Gasteiger partial charge in [-0.1, -0.05) is 12.1 Å². The highest BCUT2D eigenvalue weighted by molar-refractivity contribution is 7.98. The number of nitrogens with one attached hydrogen (secondary N) is 1. The van der Waals surface area contributed by atoms with E-state index in [1.165, 1.54) is 35.4 Å². The summed E-state index contributed by atoms with van der Waals surface area (Å²) in [4.78, 5) is 20.7. The number of hydrogen-bond donors (Lipinski definition) is 1. The summed E-state index contributed by atoms with van der Waals surface area (Å²) in [6.07, 6.45) is 3.39. The molecular weight excluding hydrogens is 380 g/mol. The maximum atomic E-state index is 12.5. The van der Waals surface area contributed by atoms with E-state index in [1.807, 2.05) is 6.26 Å². The van der Waals surface area contributed by atoms with E-state index in [9.17, 15) is 13.6 Å². The third-order valence-electron chi connectivity index (χ3n) is 3.31. The first-order valence-corrected chi connectivity index (χ1v) is 9.48. The summed E-state index contributed by atoms with van der Waals surface area (Å²) in [6.45, 7) is -2.93. The van der Waals surface area contributed by atoms with Crippen LogP contribution in [0, 0.1) is 0 Å². The Morgan fingerprint density at radius 3 is 2.77 bits per heavy atom. The molecule has 134 valence electrons. The number of carbonyl (C=O) groups is 1. The number of aromatic nitrogens is 2. The van der Waals surface area contributed by atoms with Crippen LogP contribution in [0.5, 0.6) is 5.75 Å². The van der Waals surface area contributed by atoms with Crippen molar-refractivity contribution in [1.29, 1.82) is 0 Å². The first-order chi connectivity index (χ1) is 12.6. The number of amides is 1. The van der Waals surface area contributed by atoms with E-state index in [2.05, 4.69) is 20.0 Å². The molecular formula is C17H13F2N3O2S2. The lowest BCUT2D eigenvalue weighted by Crippen LogP contribution is -2.12. The molecule has 2 aromatic heterocycles. The second-order valence-corrected chi connectivity index (χ2v) is 6.64. The van der Waals surface area contributed by atoms with Crippen molar-refractivity contribution in [3.8, 4) is 17.0 Å². The SMILES string of the molecule is CSc1ccc(C(=O)Nc2nc(-c3ccccc3OC(F)F)cs2)cn1. The number of hydrogen-bond acceptors (Lipinski definition) is 6. The van der Waals surface area contributed by atoms with Gasteiger partial charge in [0.25, 0.3) is 5.91 Å². The molecule has 0 atom stereocenters. The molecule has 0 spiro atoms. The van der Waals surface area contributed by atoms with Crippen molar-refractivity contribution in [2.24, 2.45) is 0 Å². The van der Waals surface area contributed by atoms with Gasteiger partial charge in [0.1, 0.15) is 5.75 Å². The zero-order chi connectivity index (χ0) is 18.5.